The number of oxime groups is 1. The van der Waals surface area contributed by atoms with Crippen molar-refractivity contribution in [2.75, 3.05) is 7.11 Å². The lowest BCUT2D eigenvalue weighted by molar-refractivity contribution is 0.214. The average Bonchev–Trinajstić information content (AvgIpc) is 2.85. The van der Waals surface area contributed by atoms with E-state index in [1.807, 2.05) is 11.4 Å². The molecule has 0 fully saturated rings. The summed E-state index contributed by atoms with van der Waals surface area (Å²) >= 11 is 3.40. The molecule has 0 aromatic carbocycles. The summed E-state index contributed by atoms with van der Waals surface area (Å²) in [6.45, 7) is 2.09. The monoisotopic (exact) mass is 237 g/mol. The van der Waals surface area contributed by atoms with Gasteiger partial charge >= 0.3 is 0 Å². The second-order valence-electron chi connectivity index (χ2n) is 3.01. The van der Waals surface area contributed by atoms with E-state index in [1.54, 1.807) is 29.8 Å². The highest BCUT2D eigenvalue weighted by Crippen LogP contribution is 2.22. The molecule has 0 spiro atoms. The Hall–Kier alpha value is -1.13. The van der Waals surface area contributed by atoms with Crippen LogP contribution in [0.3, 0.4) is 0 Å². The average molecular weight is 237 g/mol. The van der Waals surface area contributed by atoms with Crippen LogP contribution in [-0.4, -0.2) is 12.8 Å². The van der Waals surface area contributed by atoms with E-state index in [0.29, 0.717) is 0 Å². The van der Waals surface area contributed by atoms with E-state index in [2.05, 4.69) is 30.3 Å². The molecule has 2 nitrogen and oxygen atoms in total. The number of rotatable bonds is 3. The fourth-order valence-electron chi connectivity index (χ4n) is 1.28. The lowest BCUT2D eigenvalue weighted by Crippen LogP contribution is -1.98. The number of hydrogen-bond acceptors (Lipinski definition) is 4. The van der Waals surface area contributed by atoms with Gasteiger partial charge in [0.05, 0.1) is 9.75 Å². The number of nitrogens with zero attached hydrogens (tertiary/aromatic N) is 1. The van der Waals surface area contributed by atoms with Crippen LogP contribution in [0.1, 0.15) is 14.6 Å². The molecule has 0 aliphatic carbocycles. The summed E-state index contributed by atoms with van der Waals surface area (Å²) in [7, 11) is 1.58. The minimum absolute atomic E-state index is 0.922. The standard InChI is InChI=1S/C11H11NOS2/c1-8-5-6-10(15-8)11(12-13-2)9-4-3-7-14-9/h3-7H,1-2H3/b12-11+. The summed E-state index contributed by atoms with van der Waals surface area (Å²) in [6, 6.07) is 8.25. The number of thiophene rings is 2. The second-order valence-corrected chi connectivity index (χ2v) is 5.25. The lowest BCUT2D eigenvalue weighted by Gasteiger charge is -1.99. The molecule has 15 heavy (non-hydrogen) atoms. The van der Waals surface area contributed by atoms with E-state index in [9.17, 15) is 0 Å². The van der Waals surface area contributed by atoms with Gasteiger partial charge in [-0.2, -0.15) is 0 Å². The zero-order valence-electron chi connectivity index (χ0n) is 8.56. The van der Waals surface area contributed by atoms with Crippen LogP contribution in [0.5, 0.6) is 0 Å². The molecule has 0 radical (unpaired) electrons. The molecule has 2 rings (SSSR count). The summed E-state index contributed by atoms with van der Waals surface area (Å²) in [5.74, 6) is 0. The molecule has 78 valence electrons. The van der Waals surface area contributed by atoms with E-state index in [4.69, 9.17) is 4.84 Å². The van der Waals surface area contributed by atoms with Gasteiger partial charge in [-0.1, -0.05) is 11.2 Å². The van der Waals surface area contributed by atoms with Crippen LogP contribution in [0, 0.1) is 6.92 Å². The van der Waals surface area contributed by atoms with Gasteiger partial charge in [-0.3, -0.25) is 0 Å². The Morgan fingerprint density at radius 2 is 2.13 bits per heavy atom. The van der Waals surface area contributed by atoms with Gasteiger partial charge in [0.25, 0.3) is 0 Å². The largest absolute Gasteiger partial charge is 0.399 e. The molecule has 0 bridgehead atoms. The van der Waals surface area contributed by atoms with Crippen LogP contribution in [0.25, 0.3) is 0 Å². The number of aryl methyl sites for hydroxylation is 1. The second kappa shape index (κ2) is 4.59. The van der Waals surface area contributed by atoms with Gasteiger partial charge in [-0.25, -0.2) is 0 Å². The van der Waals surface area contributed by atoms with Crippen molar-refractivity contribution >= 4 is 28.4 Å². The topological polar surface area (TPSA) is 21.6 Å². The molecular weight excluding hydrogens is 226 g/mol. The van der Waals surface area contributed by atoms with Crippen molar-refractivity contribution < 1.29 is 4.84 Å². The predicted molar refractivity (Wildman–Crippen MR) is 66.0 cm³/mol. The molecule has 4 heteroatoms. The fourth-order valence-corrected chi connectivity index (χ4v) is 2.93. The van der Waals surface area contributed by atoms with Crippen LogP contribution >= 0.6 is 22.7 Å². The zero-order chi connectivity index (χ0) is 10.7. The molecule has 0 saturated heterocycles. The normalized spacial score (nSPS) is 11.7. The maximum Gasteiger partial charge on any atom is 0.137 e. The van der Waals surface area contributed by atoms with Gasteiger partial charge in [0, 0.05) is 4.88 Å². The lowest BCUT2D eigenvalue weighted by atomic mass is 10.2. The van der Waals surface area contributed by atoms with Gasteiger partial charge in [0.1, 0.15) is 12.8 Å². The first-order chi connectivity index (χ1) is 7.31. The van der Waals surface area contributed by atoms with E-state index in [0.717, 1.165) is 15.5 Å². The van der Waals surface area contributed by atoms with Crippen molar-refractivity contribution in [3.63, 3.8) is 0 Å². The minimum Gasteiger partial charge on any atom is -0.399 e. The molecule has 2 heterocycles. The first kappa shape index (κ1) is 10.4. The number of hydrogen-bond donors (Lipinski definition) is 0. The Morgan fingerprint density at radius 1 is 1.27 bits per heavy atom. The van der Waals surface area contributed by atoms with Crippen molar-refractivity contribution in [2.45, 2.75) is 6.92 Å². The predicted octanol–water partition coefficient (Wildman–Crippen LogP) is 3.52. The first-order valence-corrected chi connectivity index (χ1v) is 6.22. The molecule has 0 saturated carbocycles. The van der Waals surface area contributed by atoms with Gasteiger partial charge in [-0.15, -0.1) is 22.7 Å². The third kappa shape index (κ3) is 2.27. The van der Waals surface area contributed by atoms with Crippen molar-refractivity contribution in [2.24, 2.45) is 5.16 Å². The highest BCUT2D eigenvalue weighted by atomic mass is 32.1. The zero-order valence-corrected chi connectivity index (χ0v) is 10.2. The van der Waals surface area contributed by atoms with E-state index < -0.39 is 0 Å². The smallest absolute Gasteiger partial charge is 0.137 e. The molecule has 0 aliphatic rings. The molecule has 0 unspecified atom stereocenters. The highest BCUT2D eigenvalue weighted by Gasteiger charge is 2.10. The van der Waals surface area contributed by atoms with Crippen LogP contribution in [0.2, 0.25) is 0 Å². The Morgan fingerprint density at radius 3 is 2.67 bits per heavy atom. The van der Waals surface area contributed by atoms with Gasteiger partial charge in [0.2, 0.25) is 0 Å². The van der Waals surface area contributed by atoms with Crippen molar-refractivity contribution in [1.29, 1.82) is 0 Å². The van der Waals surface area contributed by atoms with Crippen LogP contribution < -0.4 is 0 Å². The highest BCUT2D eigenvalue weighted by molar-refractivity contribution is 7.16. The van der Waals surface area contributed by atoms with Crippen molar-refractivity contribution in [3.8, 4) is 0 Å². The third-order valence-electron chi connectivity index (χ3n) is 1.91. The summed E-state index contributed by atoms with van der Waals surface area (Å²) in [6.07, 6.45) is 0. The summed E-state index contributed by atoms with van der Waals surface area (Å²) in [5, 5.41) is 6.13. The van der Waals surface area contributed by atoms with Crippen LogP contribution in [0.4, 0.5) is 0 Å². The molecule has 0 amide bonds. The Bertz CT molecular complexity index is 457. The molecule has 2 aromatic heterocycles. The van der Waals surface area contributed by atoms with Crippen LogP contribution in [0.15, 0.2) is 34.8 Å². The van der Waals surface area contributed by atoms with E-state index in [-0.39, 0.29) is 0 Å². The summed E-state index contributed by atoms with van der Waals surface area (Å²) < 4.78 is 0. The van der Waals surface area contributed by atoms with Crippen LogP contribution in [-0.2, 0) is 4.84 Å². The Kier molecular flexibility index (Phi) is 3.18. The minimum atomic E-state index is 0.922. The van der Waals surface area contributed by atoms with Crippen molar-refractivity contribution in [3.05, 3.63) is 44.3 Å². The molecular formula is C11H11NOS2. The van der Waals surface area contributed by atoms with E-state index >= 15 is 0 Å². The molecule has 2 aromatic rings. The first-order valence-electron chi connectivity index (χ1n) is 4.53. The van der Waals surface area contributed by atoms with Gasteiger partial charge < -0.3 is 4.84 Å². The Balaban J connectivity index is 2.41. The quantitative estimate of drug-likeness (QED) is 0.591. The fraction of sp³-hybridized carbons (Fsp3) is 0.182. The molecule has 0 atom stereocenters. The molecule has 0 N–H and O–H groups in total. The SMILES string of the molecule is CO/N=C(\c1cccs1)c1ccc(C)s1. The maximum absolute atomic E-state index is 4.89. The van der Waals surface area contributed by atoms with Gasteiger partial charge in [0.15, 0.2) is 0 Å². The third-order valence-corrected chi connectivity index (χ3v) is 3.79. The Labute approximate surface area is 96.8 Å². The summed E-state index contributed by atoms with van der Waals surface area (Å²) in [5.41, 5.74) is 0.922. The van der Waals surface area contributed by atoms with Gasteiger partial charge in [-0.05, 0) is 30.5 Å². The van der Waals surface area contributed by atoms with E-state index in [1.165, 1.54) is 4.88 Å². The van der Waals surface area contributed by atoms with Crippen molar-refractivity contribution in [1.82, 2.24) is 0 Å². The summed E-state index contributed by atoms with van der Waals surface area (Å²) in [4.78, 5) is 8.46. The maximum atomic E-state index is 4.89. The molecule has 0 aliphatic heterocycles.